The van der Waals surface area contributed by atoms with Crippen LogP contribution < -0.4 is 5.32 Å². The van der Waals surface area contributed by atoms with Gasteiger partial charge < -0.3 is 10.2 Å². The molecule has 2 fully saturated rings. The van der Waals surface area contributed by atoms with Gasteiger partial charge in [0.2, 0.25) is 0 Å². The minimum atomic E-state index is 0.569. The molecule has 0 aromatic heterocycles. The molecule has 2 nitrogen and oxygen atoms in total. The summed E-state index contributed by atoms with van der Waals surface area (Å²) in [4.78, 5) is 2.65. The first-order chi connectivity index (χ1) is 7.16. The first kappa shape index (κ1) is 11.4. The number of piperidine rings is 1. The van der Waals surface area contributed by atoms with Gasteiger partial charge in [-0.1, -0.05) is 20.3 Å². The largest absolute Gasteiger partial charge is 0.314 e. The Labute approximate surface area is 94.4 Å². The topological polar surface area (TPSA) is 15.3 Å². The summed E-state index contributed by atoms with van der Waals surface area (Å²) in [5.74, 6) is 0. The molecule has 0 amide bonds. The molecular formula is C13H26N2. The highest BCUT2D eigenvalue weighted by molar-refractivity contribution is 4.83. The lowest BCUT2D eigenvalue weighted by atomic mass is 9.93. The molecule has 1 atom stereocenters. The Morgan fingerprint density at radius 1 is 1.33 bits per heavy atom. The Bertz CT molecular complexity index is 195. The fraction of sp³-hybridized carbons (Fsp3) is 1.00. The summed E-state index contributed by atoms with van der Waals surface area (Å²) in [7, 11) is 0. The van der Waals surface area contributed by atoms with E-state index in [2.05, 4.69) is 24.1 Å². The van der Waals surface area contributed by atoms with Crippen molar-refractivity contribution >= 4 is 0 Å². The van der Waals surface area contributed by atoms with Crippen molar-refractivity contribution in [3.05, 3.63) is 0 Å². The van der Waals surface area contributed by atoms with Crippen LogP contribution in [0.15, 0.2) is 0 Å². The van der Waals surface area contributed by atoms with Gasteiger partial charge in [-0.3, -0.25) is 0 Å². The van der Waals surface area contributed by atoms with E-state index in [0.29, 0.717) is 5.41 Å². The van der Waals surface area contributed by atoms with Gasteiger partial charge in [0.25, 0.3) is 0 Å². The minimum absolute atomic E-state index is 0.569. The molecule has 2 rings (SSSR count). The van der Waals surface area contributed by atoms with E-state index >= 15 is 0 Å². The van der Waals surface area contributed by atoms with E-state index in [1.807, 2.05) is 0 Å². The van der Waals surface area contributed by atoms with Crippen LogP contribution in [0.25, 0.3) is 0 Å². The molecule has 0 radical (unpaired) electrons. The highest BCUT2D eigenvalue weighted by Crippen LogP contribution is 2.28. The lowest BCUT2D eigenvalue weighted by molar-refractivity contribution is 0.262. The van der Waals surface area contributed by atoms with E-state index in [0.717, 1.165) is 6.04 Å². The van der Waals surface area contributed by atoms with Gasteiger partial charge in [-0.05, 0) is 50.7 Å². The van der Waals surface area contributed by atoms with Crippen molar-refractivity contribution < 1.29 is 0 Å². The summed E-state index contributed by atoms with van der Waals surface area (Å²) < 4.78 is 0. The third kappa shape index (κ3) is 3.46. The van der Waals surface area contributed by atoms with Crippen molar-refractivity contribution in [2.45, 2.75) is 52.0 Å². The maximum Gasteiger partial charge on any atom is 0.00792 e. The average Bonchev–Trinajstić information content (AvgIpc) is 2.57. The quantitative estimate of drug-likeness (QED) is 0.768. The standard InChI is InChI=1S/C13H26N2/c1-13(2)7-10-15(11-13)9-6-12-5-3-4-8-14-12/h12,14H,3-11H2,1-2H3. The summed E-state index contributed by atoms with van der Waals surface area (Å²) in [5.41, 5.74) is 0.569. The molecule has 0 aromatic carbocycles. The smallest absolute Gasteiger partial charge is 0.00792 e. The Balaban J connectivity index is 1.65. The van der Waals surface area contributed by atoms with Crippen molar-refractivity contribution in [3.63, 3.8) is 0 Å². The van der Waals surface area contributed by atoms with Crippen LogP contribution in [0.4, 0.5) is 0 Å². The van der Waals surface area contributed by atoms with E-state index in [1.165, 1.54) is 58.3 Å². The average molecular weight is 210 g/mol. The second-order valence-electron chi connectivity index (χ2n) is 6.13. The number of hydrogen-bond acceptors (Lipinski definition) is 2. The van der Waals surface area contributed by atoms with E-state index in [-0.39, 0.29) is 0 Å². The third-order valence-electron chi connectivity index (χ3n) is 3.96. The third-order valence-corrected chi connectivity index (χ3v) is 3.96. The van der Waals surface area contributed by atoms with Crippen molar-refractivity contribution in [1.82, 2.24) is 10.2 Å². The Kier molecular flexibility index (Phi) is 3.68. The molecule has 2 saturated heterocycles. The molecule has 2 heterocycles. The molecule has 0 bridgehead atoms. The second-order valence-corrected chi connectivity index (χ2v) is 6.13. The molecule has 1 N–H and O–H groups in total. The summed E-state index contributed by atoms with van der Waals surface area (Å²) in [6.07, 6.45) is 6.95. The second kappa shape index (κ2) is 4.84. The number of nitrogens with one attached hydrogen (secondary N) is 1. The Morgan fingerprint density at radius 3 is 2.80 bits per heavy atom. The fourth-order valence-electron chi connectivity index (χ4n) is 2.92. The molecular weight excluding hydrogens is 184 g/mol. The molecule has 2 aliphatic heterocycles. The molecule has 1 unspecified atom stereocenters. The molecule has 0 spiro atoms. The zero-order valence-electron chi connectivity index (χ0n) is 10.4. The number of hydrogen-bond donors (Lipinski definition) is 1. The number of likely N-dealkylation sites (tertiary alicyclic amines) is 1. The summed E-state index contributed by atoms with van der Waals surface area (Å²) >= 11 is 0. The maximum absolute atomic E-state index is 3.64. The van der Waals surface area contributed by atoms with Crippen molar-refractivity contribution in [2.75, 3.05) is 26.2 Å². The number of nitrogens with zero attached hydrogens (tertiary/aromatic N) is 1. The molecule has 2 aliphatic rings. The number of rotatable bonds is 3. The highest BCUT2D eigenvalue weighted by Gasteiger charge is 2.29. The zero-order chi connectivity index (χ0) is 10.7. The first-order valence-electron chi connectivity index (χ1n) is 6.61. The van der Waals surface area contributed by atoms with Gasteiger partial charge in [0.1, 0.15) is 0 Å². The van der Waals surface area contributed by atoms with E-state index < -0.39 is 0 Å². The van der Waals surface area contributed by atoms with E-state index in [1.54, 1.807) is 0 Å². The molecule has 2 heteroatoms. The first-order valence-corrected chi connectivity index (χ1v) is 6.61. The van der Waals surface area contributed by atoms with Crippen LogP contribution in [0.2, 0.25) is 0 Å². The van der Waals surface area contributed by atoms with Gasteiger partial charge in [-0.2, -0.15) is 0 Å². The zero-order valence-corrected chi connectivity index (χ0v) is 10.4. The van der Waals surface area contributed by atoms with Gasteiger partial charge in [-0.15, -0.1) is 0 Å². The highest BCUT2D eigenvalue weighted by atomic mass is 15.2. The van der Waals surface area contributed by atoms with Crippen LogP contribution in [-0.2, 0) is 0 Å². The molecule has 0 aromatic rings. The summed E-state index contributed by atoms with van der Waals surface area (Å²) in [5, 5.41) is 3.64. The van der Waals surface area contributed by atoms with E-state index in [4.69, 9.17) is 0 Å². The molecule has 0 aliphatic carbocycles. The van der Waals surface area contributed by atoms with Gasteiger partial charge in [0, 0.05) is 12.6 Å². The van der Waals surface area contributed by atoms with Crippen LogP contribution in [0.3, 0.4) is 0 Å². The van der Waals surface area contributed by atoms with Crippen molar-refractivity contribution in [3.8, 4) is 0 Å². The Morgan fingerprint density at radius 2 is 2.20 bits per heavy atom. The van der Waals surface area contributed by atoms with Crippen LogP contribution in [0, 0.1) is 5.41 Å². The van der Waals surface area contributed by atoms with Gasteiger partial charge in [0.05, 0.1) is 0 Å². The van der Waals surface area contributed by atoms with Gasteiger partial charge in [0.15, 0.2) is 0 Å². The Hall–Kier alpha value is -0.0800. The minimum Gasteiger partial charge on any atom is -0.314 e. The molecule has 0 saturated carbocycles. The van der Waals surface area contributed by atoms with Crippen molar-refractivity contribution in [1.29, 1.82) is 0 Å². The van der Waals surface area contributed by atoms with Crippen LogP contribution in [-0.4, -0.2) is 37.1 Å². The summed E-state index contributed by atoms with van der Waals surface area (Å²) in [6.45, 7) is 9.97. The normalized spacial score (nSPS) is 32.0. The van der Waals surface area contributed by atoms with Gasteiger partial charge in [-0.25, -0.2) is 0 Å². The summed E-state index contributed by atoms with van der Waals surface area (Å²) in [6, 6.07) is 0.808. The lowest BCUT2D eigenvalue weighted by Crippen LogP contribution is -2.37. The monoisotopic (exact) mass is 210 g/mol. The molecule has 88 valence electrons. The van der Waals surface area contributed by atoms with Crippen molar-refractivity contribution in [2.24, 2.45) is 5.41 Å². The van der Waals surface area contributed by atoms with Gasteiger partial charge >= 0.3 is 0 Å². The van der Waals surface area contributed by atoms with Crippen LogP contribution >= 0.6 is 0 Å². The van der Waals surface area contributed by atoms with Crippen LogP contribution in [0.5, 0.6) is 0 Å². The maximum atomic E-state index is 3.64. The lowest BCUT2D eigenvalue weighted by Gasteiger charge is -2.26. The molecule has 15 heavy (non-hydrogen) atoms. The fourth-order valence-corrected chi connectivity index (χ4v) is 2.92. The van der Waals surface area contributed by atoms with Crippen LogP contribution in [0.1, 0.15) is 46.0 Å². The van der Waals surface area contributed by atoms with E-state index in [9.17, 15) is 0 Å². The predicted octanol–water partition coefficient (Wildman–Crippen LogP) is 2.25. The predicted molar refractivity (Wildman–Crippen MR) is 65.1 cm³/mol. The SMILES string of the molecule is CC1(C)CCN(CCC2CCCCN2)C1.